The smallest absolute Gasteiger partial charge is 0.184 e. The summed E-state index contributed by atoms with van der Waals surface area (Å²) in [5.74, 6) is -2.51. The predicted octanol–water partition coefficient (Wildman–Crippen LogP) is 8.59. The number of phenols is 8. The molecule has 0 saturated heterocycles. The Kier molecular flexibility index (Phi) is 16.9. The molecule has 5 aromatic rings. The van der Waals surface area contributed by atoms with Crippen molar-refractivity contribution in [2.75, 3.05) is 21.3 Å². The van der Waals surface area contributed by atoms with Gasteiger partial charge in [-0.1, -0.05) is 27.7 Å². The van der Waals surface area contributed by atoms with Gasteiger partial charge in [0.2, 0.25) is 0 Å². The van der Waals surface area contributed by atoms with Gasteiger partial charge in [-0.05, 0) is 77.6 Å². The van der Waals surface area contributed by atoms with Gasteiger partial charge in [-0.25, -0.2) is 0 Å². The Balaban J connectivity index is 0.000000663. The highest BCUT2D eigenvalue weighted by atomic mass is 16.5. The van der Waals surface area contributed by atoms with E-state index in [-0.39, 0.29) is 68.2 Å². The molecule has 0 aliphatic heterocycles. The highest BCUT2D eigenvalue weighted by Crippen LogP contribution is 2.54. The van der Waals surface area contributed by atoms with Crippen LogP contribution in [0.15, 0.2) is 48.8 Å². The lowest BCUT2D eigenvalue weighted by molar-refractivity contribution is -0.605. The molecule has 1 heterocycles. The van der Waals surface area contributed by atoms with Crippen molar-refractivity contribution in [3.05, 3.63) is 121 Å². The monoisotopic (exact) mass is 845 g/mol. The summed E-state index contributed by atoms with van der Waals surface area (Å²) in [6.45, 7) is 14.2. The molecule has 0 amide bonds. The molecular formula is C48H63NO12. The van der Waals surface area contributed by atoms with Crippen LogP contribution in [0.4, 0.5) is 0 Å². The van der Waals surface area contributed by atoms with Gasteiger partial charge in [0.1, 0.15) is 51.7 Å². The number of aromatic nitrogens is 1. The first-order chi connectivity index (χ1) is 29.0. The van der Waals surface area contributed by atoms with Crippen molar-refractivity contribution in [2.45, 2.75) is 105 Å². The maximum Gasteiger partial charge on any atom is 0.184 e. The van der Waals surface area contributed by atoms with Gasteiger partial charge in [-0.3, -0.25) is 0 Å². The number of fused-ring (bicyclic) bond motifs is 8. The number of aliphatic hydroxyl groups excluding tert-OH is 2. The van der Waals surface area contributed by atoms with E-state index in [2.05, 4.69) is 0 Å². The number of aliphatic hydroxyl groups is 2. The molecule has 13 heteroatoms. The van der Waals surface area contributed by atoms with E-state index in [0.29, 0.717) is 80.7 Å². The van der Waals surface area contributed by atoms with E-state index in [4.69, 9.17) is 14.9 Å². The summed E-state index contributed by atoms with van der Waals surface area (Å²) >= 11 is 0. The minimum Gasteiger partial charge on any atom is -0.619 e. The van der Waals surface area contributed by atoms with Crippen molar-refractivity contribution in [2.24, 2.45) is 0 Å². The predicted molar refractivity (Wildman–Crippen MR) is 235 cm³/mol. The lowest BCUT2D eigenvalue weighted by Gasteiger charge is -2.30. The van der Waals surface area contributed by atoms with E-state index in [1.54, 1.807) is 71.2 Å². The quantitative estimate of drug-likeness (QED) is 0.0591. The third kappa shape index (κ3) is 9.18. The summed E-state index contributed by atoms with van der Waals surface area (Å²) in [4.78, 5) is 0. The molecule has 13 nitrogen and oxygen atoms in total. The molecule has 0 spiro atoms. The highest BCUT2D eigenvalue weighted by molar-refractivity contribution is 5.67. The number of benzene rings is 4. The molecule has 10 N–H and O–H groups in total. The second-order valence-electron chi connectivity index (χ2n) is 15.0. The first kappa shape index (κ1) is 49.3. The van der Waals surface area contributed by atoms with E-state index in [1.807, 2.05) is 27.7 Å². The second kappa shape index (κ2) is 21.0. The number of nitrogens with zero attached hydrogens (tertiary/aromatic N) is 1. The van der Waals surface area contributed by atoms with Crippen LogP contribution in [0.5, 0.6) is 51.7 Å². The van der Waals surface area contributed by atoms with E-state index in [0.717, 1.165) is 14.2 Å². The molecule has 0 unspecified atom stereocenters. The Morgan fingerprint density at radius 3 is 0.754 bits per heavy atom. The maximum atomic E-state index is 11.5. The van der Waals surface area contributed by atoms with E-state index in [1.165, 1.54) is 12.4 Å². The number of rotatable bonds is 5. The summed E-state index contributed by atoms with van der Waals surface area (Å²) in [6, 6.07) is 10.1. The van der Waals surface area contributed by atoms with E-state index in [9.17, 15) is 46.1 Å². The van der Waals surface area contributed by atoms with Crippen LogP contribution >= 0.6 is 0 Å². The van der Waals surface area contributed by atoms with Crippen molar-refractivity contribution >= 4 is 0 Å². The summed E-state index contributed by atoms with van der Waals surface area (Å²) in [6.07, 6.45) is 4.56. The second-order valence-corrected chi connectivity index (χ2v) is 15.0. The molecular weight excluding hydrogens is 783 g/mol. The first-order valence-electron chi connectivity index (χ1n) is 20.3. The van der Waals surface area contributed by atoms with Crippen LogP contribution in [0.3, 0.4) is 0 Å². The van der Waals surface area contributed by atoms with Gasteiger partial charge in [0.05, 0.1) is 7.11 Å². The molecule has 4 aromatic carbocycles. The average Bonchev–Trinajstić information content (AvgIpc) is 3.27. The SMILES string of the molecule is CCC1c2cc(c(O)c(C)c2O)C(CC)c2cc(c(O)c(C)c2O)C(CC)c2cc(c(O)c(C)c2O)C(CC)c2cc1c(O)c(C)c2O.CO.CO.COc1cc[n+]([O-])cc1. The number of ether oxygens (including phenoxy) is 1. The molecule has 0 saturated carbocycles. The third-order valence-corrected chi connectivity index (χ3v) is 11.9. The lowest BCUT2D eigenvalue weighted by atomic mass is 9.76. The van der Waals surface area contributed by atoms with Crippen LogP contribution in [0.25, 0.3) is 0 Å². The Morgan fingerprint density at radius 2 is 0.607 bits per heavy atom. The topological polar surface area (TPSA) is 238 Å². The zero-order valence-corrected chi connectivity index (χ0v) is 37.0. The maximum absolute atomic E-state index is 11.5. The fourth-order valence-electron chi connectivity index (χ4n) is 8.49. The molecule has 1 aliphatic carbocycles. The van der Waals surface area contributed by atoms with E-state index < -0.39 is 23.7 Å². The van der Waals surface area contributed by atoms with Gasteiger partial charge in [-0.15, -0.1) is 0 Å². The van der Waals surface area contributed by atoms with Crippen molar-refractivity contribution < 1.29 is 60.5 Å². The zero-order chi connectivity index (χ0) is 46.2. The molecule has 61 heavy (non-hydrogen) atoms. The molecule has 1 aliphatic rings. The summed E-state index contributed by atoms with van der Waals surface area (Å²) in [5, 5.41) is 117. The number of pyridine rings is 1. The molecule has 1 aromatic heterocycles. The lowest BCUT2D eigenvalue weighted by Crippen LogP contribution is -2.23. The Bertz CT molecular complexity index is 1910. The Morgan fingerprint density at radius 1 is 0.426 bits per heavy atom. The zero-order valence-electron chi connectivity index (χ0n) is 37.0. The van der Waals surface area contributed by atoms with Crippen molar-refractivity contribution in [1.82, 2.24) is 0 Å². The van der Waals surface area contributed by atoms with Crippen LogP contribution < -0.4 is 9.47 Å². The normalized spacial score (nSPS) is 16.5. The fraction of sp³-hybridized carbons (Fsp3) is 0.396. The molecule has 332 valence electrons. The number of hydrogen-bond donors (Lipinski definition) is 10. The van der Waals surface area contributed by atoms with Crippen LogP contribution in [0.2, 0.25) is 0 Å². The molecule has 8 bridgehead atoms. The third-order valence-electron chi connectivity index (χ3n) is 11.9. The fourth-order valence-corrected chi connectivity index (χ4v) is 8.49. The molecule has 0 radical (unpaired) electrons. The molecule has 6 rings (SSSR count). The van der Waals surface area contributed by atoms with Gasteiger partial charge in [0.25, 0.3) is 0 Å². The van der Waals surface area contributed by atoms with Crippen molar-refractivity contribution in [3.63, 3.8) is 0 Å². The number of phenolic OH excluding ortho intramolecular Hbond substituents is 8. The van der Waals surface area contributed by atoms with Gasteiger partial charge in [0.15, 0.2) is 12.4 Å². The molecule has 0 atom stereocenters. The highest BCUT2D eigenvalue weighted by Gasteiger charge is 2.34. The van der Waals surface area contributed by atoms with Crippen molar-refractivity contribution in [3.8, 4) is 51.7 Å². The van der Waals surface area contributed by atoms with Gasteiger partial charge in [0, 0.05) is 117 Å². The number of hydrogen-bond acceptors (Lipinski definition) is 12. The minimum absolute atomic E-state index is 0.118. The largest absolute Gasteiger partial charge is 0.619 e. The van der Waals surface area contributed by atoms with Crippen LogP contribution in [-0.4, -0.2) is 72.4 Å². The standard InChI is InChI=1S/C40H48O8.C6H7NO2.2CH4O/c1-9-21-25-13-27(35(43)17(5)33(25)41)22(10-2)29-15-31(39(47)19(7)37(29)45)24(12-4)32-16-30(38(46)20(8)40(32)48)23(11-3)28-14-26(21)34(42)18(6)36(28)44;1-9-6-2-4-7(8)5-3-6;2*1-2/h13-16,21-24,41-48H,9-12H2,1-8H3;2-5H,1H3;2*2H,1H3. The van der Waals surface area contributed by atoms with Crippen molar-refractivity contribution in [1.29, 1.82) is 0 Å². The van der Waals surface area contributed by atoms with Crippen LogP contribution in [0, 0.1) is 32.9 Å². The van der Waals surface area contributed by atoms with Crippen LogP contribution in [0.1, 0.15) is 144 Å². The summed E-state index contributed by atoms with van der Waals surface area (Å²) in [5.41, 5.74) is 4.79. The first-order valence-corrected chi connectivity index (χ1v) is 20.3. The van der Waals surface area contributed by atoms with Gasteiger partial charge in [-0.2, -0.15) is 4.73 Å². The number of methoxy groups -OCH3 is 1. The summed E-state index contributed by atoms with van der Waals surface area (Å²) < 4.78 is 5.53. The summed E-state index contributed by atoms with van der Waals surface area (Å²) in [7, 11) is 3.56. The van der Waals surface area contributed by atoms with Gasteiger partial charge >= 0.3 is 0 Å². The Labute approximate surface area is 358 Å². The number of aromatic hydroxyl groups is 8. The minimum atomic E-state index is -0.565. The molecule has 0 fully saturated rings. The van der Waals surface area contributed by atoms with Crippen LogP contribution in [-0.2, 0) is 0 Å². The average molecular weight is 846 g/mol. The Hall–Kier alpha value is -6.05. The van der Waals surface area contributed by atoms with E-state index >= 15 is 0 Å². The van der Waals surface area contributed by atoms with Gasteiger partial charge < -0.3 is 61.0 Å².